The van der Waals surface area contributed by atoms with Crippen molar-refractivity contribution in [3.05, 3.63) is 76.6 Å². The third-order valence-electron chi connectivity index (χ3n) is 6.73. The zero-order valence-corrected chi connectivity index (χ0v) is 18.2. The van der Waals surface area contributed by atoms with E-state index in [1.54, 1.807) is 12.4 Å². The van der Waals surface area contributed by atoms with Gasteiger partial charge in [-0.1, -0.05) is 29.8 Å². The molecule has 1 saturated heterocycles. The number of likely N-dealkylation sites (N-methyl/N-ethyl adjacent to an activating group) is 1. The number of aliphatic imine (C=N–C) groups is 1. The normalized spacial score (nSPS) is 23.7. The molecular formula is C25H29N5O. The van der Waals surface area contributed by atoms with Crippen molar-refractivity contribution in [2.24, 2.45) is 4.99 Å². The fourth-order valence-electron chi connectivity index (χ4n) is 4.99. The molecule has 0 spiro atoms. The molecule has 1 N–H and O–H groups in total. The largest absolute Gasteiger partial charge is 0.333 e. The number of rotatable bonds is 3. The van der Waals surface area contributed by atoms with Crippen molar-refractivity contribution in [2.45, 2.75) is 25.3 Å². The van der Waals surface area contributed by atoms with Crippen LogP contribution in [-0.2, 0) is 0 Å². The Hall–Kier alpha value is -2.99. The Kier molecular flexibility index (Phi) is 5.32. The molecule has 2 amide bonds. The minimum Gasteiger partial charge on any atom is -0.333 e. The van der Waals surface area contributed by atoms with Gasteiger partial charge in [-0.15, -0.1) is 0 Å². The standard InChI is InChI=1S/C25H29N5O/c1-17-3-5-18(6-4-17)21-14-29(2)16-23(21)28-25(31)30-12-9-20-13-27-24(22(20)15-30)19-7-10-26-11-8-19/h3-8,10-11,21,23H,9,12-16H2,1-2H3,(H,28,31). The van der Waals surface area contributed by atoms with Gasteiger partial charge >= 0.3 is 6.03 Å². The molecule has 2 atom stereocenters. The molecule has 3 aliphatic rings. The number of aromatic nitrogens is 1. The molecule has 4 heterocycles. The third kappa shape index (κ3) is 4.00. The van der Waals surface area contributed by atoms with Crippen LogP contribution < -0.4 is 5.32 Å². The Bertz CT molecular complexity index is 1030. The van der Waals surface area contributed by atoms with Gasteiger partial charge in [0.05, 0.1) is 18.3 Å². The maximum absolute atomic E-state index is 13.2. The van der Waals surface area contributed by atoms with Gasteiger partial charge in [0.2, 0.25) is 0 Å². The van der Waals surface area contributed by atoms with Crippen molar-refractivity contribution in [1.29, 1.82) is 0 Å². The van der Waals surface area contributed by atoms with E-state index in [1.165, 1.54) is 22.3 Å². The minimum absolute atomic E-state index is 0.0324. The number of hydrogen-bond donors (Lipinski definition) is 1. The van der Waals surface area contributed by atoms with E-state index < -0.39 is 0 Å². The Balaban J connectivity index is 1.29. The van der Waals surface area contributed by atoms with E-state index in [9.17, 15) is 4.79 Å². The lowest BCUT2D eigenvalue weighted by atomic mass is 9.93. The maximum atomic E-state index is 13.2. The summed E-state index contributed by atoms with van der Waals surface area (Å²) < 4.78 is 0. The second-order valence-corrected chi connectivity index (χ2v) is 8.95. The van der Waals surface area contributed by atoms with Crippen LogP contribution in [0.4, 0.5) is 4.79 Å². The summed E-state index contributed by atoms with van der Waals surface area (Å²) in [5, 5.41) is 3.35. The number of pyridine rings is 1. The molecule has 1 aromatic heterocycles. The molecule has 6 heteroatoms. The van der Waals surface area contributed by atoms with Crippen LogP contribution in [0.1, 0.15) is 29.0 Å². The lowest BCUT2D eigenvalue weighted by Gasteiger charge is -2.31. The zero-order chi connectivity index (χ0) is 21.4. The van der Waals surface area contributed by atoms with Crippen LogP contribution in [-0.4, -0.2) is 72.3 Å². The fourth-order valence-corrected chi connectivity index (χ4v) is 4.99. The summed E-state index contributed by atoms with van der Waals surface area (Å²) in [7, 11) is 2.13. The van der Waals surface area contributed by atoms with Crippen molar-refractivity contribution in [3.8, 4) is 0 Å². The number of carbonyl (C=O) groups excluding carboxylic acids is 1. The average Bonchev–Trinajstić information content (AvgIpc) is 3.37. The number of carbonyl (C=O) groups is 1. The summed E-state index contributed by atoms with van der Waals surface area (Å²) in [5.74, 6) is 0.314. The zero-order valence-electron chi connectivity index (χ0n) is 18.2. The first kappa shape index (κ1) is 19.9. The molecule has 2 unspecified atom stereocenters. The molecule has 3 aliphatic heterocycles. The van der Waals surface area contributed by atoms with Crippen LogP contribution >= 0.6 is 0 Å². The Morgan fingerprint density at radius 3 is 2.65 bits per heavy atom. The van der Waals surface area contributed by atoms with Gasteiger partial charge in [-0.3, -0.25) is 9.98 Å². The van der Waals surface area contributed by atoms with E-state index in [2.05, 4.69) is 53.4 Å². The highest BCUT2D eigenvalue weighted by Crippen LogP contribution is 2.29. The van der Waals surface area contributed by atoms with E-state index >= 15 is 0 Å². The molecule has 2 aromatic rings. The molecule has 0 saturated carbocycles. The molecule has 1 aromatic carbocycles. The monoisotopic (exact) mass is 415 g/mol. The highest BCUT2D eigenvalue weighted by Gasteiger charge is 2.35. The fraction of sp³-hybridized carbons (Fsp3) is 0.400. The lowest BCUT2D eigenvalue weighted by molar-refractivity contribution is 0.196. The molecule has 1 fully saturated rings. The highest BCUT2D eigenvalue weighted by atomic mass is 16.2. The molecule has 0 radical (unpaired) electrons. The first-order chi connectivity index (χ1) is 15.1. The van der Waals surface area contributed by atoms with E-state index in [0.717, 1.165) is 43.9 Å². The number of likely N-dealkylation sites (tertiary alicyclic amines) is 1. The van der Waals surface area contributed by atoms with Gasteiger partial charge in [-0.2, -0.15) is 0 Å². The van der Waals surface area contributed by atoms with Crippen LogP contribution in [0.15, 0.2) is 64.9 Å². The second-order valence-electron chi connectivity index (χ2n) is 8.95. The quantitative estimate of drug-likeness (QED) is 0.838. The number of nitrogens with zero attached hydrogens (tertiary/aromatic N) is 4. The van der Waals surface area contributed by atoms with Crippen LogP contribution in [0.2, 0.25) is 0 Å². The molecule has 0 bridgehead atoms. The predicted octanol–water partition coefficient (Wildman–Crippen LogP) is 3.00. The number of urea groups is 1. The Morgan fingerprint density at radius 2 is 1.87 bits per heavy atom. The van der Waals surface area contributed by atoms with E-state index in [4.69, 9.17) is 4.99 Å². The van der Waals surface area contributed by atoms with Crippen molar-refractivity contribution in [1.82, 2.24) is 20.1 Å². The molecule has 6 nitrogen and oxygen atoms in total. The van der Waals surface area contributed by atoms with Gasteiger partial charge in [-0.25, -0.2) is 4.79 Å². The SMILES string of the molecule is Cc1ccc(C2CN(C)CC2NC(=O)N2CCC3=C(C2)C(c2ccncc2)=NC3)cc1. The Labute approximate surface area is 183 Å². The molecule has 31 heavy (non-hydrogen) atoms. The number of amides is 2. The predicted molar refractivity (Wildman–Crippen MR) is 123 cm³/mol. The topological polar surface area (TPSA) is 60.8 Å². The number of benzene rings is 1. The van der Waals surface area contributed by atoms with Crippen LogP contribution in [0.5, 0.6) is 0 Å². The number of nitrogens with one attached hydrogen (secondary N) is 1. The maximum Gasteiger partial charge on any atom is 0.317 e. The summed E-state index contributed by atoms with van der Waals surface area (Å²) >= 11 is 0. The summed E-state index contributed by atoms with van der Waals surface area (Å²) in [6, 6.07) is 12.9. The van der Waals surface area contributed by atoms with Gasteiger partial charge < -0.3 is 15.1 Å². The summed E-state index contributed by atoms with van der Waals surface area (Å²) in [6.45, 7) is 6.07. The number of hydrogen-bond acceptors (Lipinski definition) is 4. The lowest BCUT2D eigenvalue weighted by Crippen LogP contribution is -2.49. The Morgan fingerprint density at radius 1 is 1.10 bits per heavy atom. The number of aryl methyl sites for hydroxylation is 1. The first-order valence-electron chi connectivity index (χ1n) is 11.0. The molecule has 160 valence electrons. The molecule has 0 aliphatic carbocycles. The third-order valence-corrected chi connectivity index (χ3v) is 6.73. The van der Waals surface area contributed by atoms with Crippen molar-refractivity contribution >= 4 is 11.7 Å². The second kappa shape index (κ2) is 8.27. The molecular weight excluding hydrogens is 386 g/mol. The van der Waals surface area contributed by atoms with Crippen molar-refractivity contribution in [3.63, 3.8) is 0 Å². The summed E-state index contributed by atoms with van der Waals surface area (Å²) in [6.07, 6.45) is 4.49. The highest BCUT2D eigenvalue weighted by molar-refractivity contribution is 6.15. The van der Waals surface area contributed by atoms with Crippen LogP contribution in [0.3, 0.4) is 0 Å². The smallest absolute Gasteiger partial charge is 0.317 e. The van der Waals surface area contributed by atoms with Gasteiger partial charge in [0.15, 0.2) is 0 Å². The van der Waals surface area contributed by atoms with Gasteiger partial charge in [0.25, 0.3) is 0 Å². The van der Waals surface area contributed by atoms with E-state index in [1.807, 2.05) is 17.0 Å². The van der Waals surface area contributed by atoms with Gasteiger partial charge in [-0.05, 0) is 49.2 Å². The van der Waals surface area contributed by atoms with Crippen LogP contribution in [0, 0.1) is 6.92 Å². The molecule has 5 rings (SSSR count). The van der Waals surface area contributed by atoms with E-state index in [0.29, 0.717) is 12.5 Å². The van der Waals surface area contributed by atoms with Gasteiger partial charge in [0.1, 0.15) is 0 Å². The average molecular weight is 416 g/mol. The van der Waals surface area contributed by atoms with Crippen molar-refractivity contribution < 1.29 is 4.79 Å². The van der Waals surface area contributed by atoms with Gasteiger partial charge in [0, 0.05) is 50.1 Å². The van der Waals surface area contributed by atoms with Crippen LogP contribution in [0.25, 0.3) is 0 Å². The summed E-state index contributed by atoms with van der Waals surface area (Å²) in [5.41, 5.74) is 7.25. The van der Waals surface area contributed by atoms with E-state index in [-0.39, 0.29) is 12.1 Å². The van der Waals surface area contributed by atoms with Crippen molar-refractivity contribution in [2.75, 3.05) is 39.8 Å². The minimum atomic E-state index is 0.0324. The first-order valence-corrected chi connectivity index (χ1v) is 11.0. The summed E-state index contributed by atoms with van der Waals surface area (Å²) in [4.78, 5) is 26.4.